The summed E-state index contributed by atoms with van der Waals surface area (Å²) in [7, 11) is 0. The number of carbonyl (C=O) groups is 1. The molecule has 1 aliphatic heterocycles. The van der Waals surface area contributed by atoms with E-state index < -0.39 is 5.97 Å². The summed E-state index contributed by atoms with van der Waals surface area (Å²) in [5, 5.41) is 12.3. The van der Waals surface area contributed by atoms with Gasteiger partial charge in [-0.05, 0) is 31.2 Å². The van der Waals surface area contributed by atoms with Crippen LogP contribution in [0.1, 0.15) is 24.6 Å². The number of aromatic nitrogens is 1. The minimum absolute atomic E-state index is 0.231. The third-order valence-electron chi connectivity index (χ3n) is 4.00. The number of thiazole rings is 1. The summed E-state index contributed by atoms with van der Waals surface area (Å²) in [5.74, 6) is -0.902. The second-order valence-corrected chi connectivity index (χ2v) is 7.56. The van der Waals surface area contributed by atoms with Crippen LogP contribution in [0.5, 0.6) is 0 Å². The van der Waals surface area contributed by atoms with Crippen LogP contribution in [0, 0.1) is 5.92 Å². The fourth-order valence-corrected chi connectivity index (χ4v) is 4.44. The second kappa shape index (κ2) is 6.25. The van der Waals surface area contributed by atoms with Crippen LogP contribution in [0.25, 0.3) is 9.88 Å². The van der Waals surface area contributed by atoms with Crippen molar-refractivity contribution in [1.29, 1.82) is 0 Å². The molecule has 1 saturated heterocycles. The van der Waals surface area contributed by atoms with Gasteiger partial charge in [0.15, 0.2) is 0 Å². The van der Waals surface area contributed by atoms with Crippen molar-refractivity contribution < 1.29 is 9.90 Å². The zero-order valence-corrected chi connectivity index (χ0v) is 13.5. The van der Waals surface area contributed by atoms with Gasteiger partial charge < -0.3 is 5.11 Å². The molecule has 1 N–H and O–H groups in total. The summed E-state index contributed by atoms with van der Waals surface area (Å²) in [5.41, 5.74) is 0. The Morgan fingerprint density at radius 1 is 1.52 bits per heavy atom. The van der Waals surface area contributed by atoms with Crippen molar-refractivity contribution in [3.8, 4) is 9.88 Å². The lowest BCUT2D eigenvalue weighted by Crippen LogP contribution is -2.43. The van der Waals surface area contributed by atoms with Gasteiger partial charge in [-0.2, -0.15) is 0 Å². The van der Waals surface area contributed by atoms with Crippen LogP contribution < -0.4 is 0 Å². The first kappa shape index (κ1) is 14.7. The molecule has 1 fully saturated rings. The number of aliphatic carboxylic acids is 1. The molecular formula is C15H18N2O2S2. The van der Waals surface area contributed by atoms with Gasteiger partial charge in [-0.1, -0.05) is 6.07 Å². The average Bonchev–Trinajstić information content (AvgIpc) is 3.11. The van der Waals surface area contributed by atoms with Gasteiger partial charge >= 0.3 is 5.97 Å². The predicted molar refractivity (Wildman–Crippen MR) is 85.7 cm³/mol. The molecule has 2 atom stereocenters. The Hall–Kier alpha value is -1.24. The maximum absolute atomic E-state index is 11.2. The van der Waals surface area contributed by atoms with E-state index in [1.54, 1.807) is 22.7 Å². The van der Waals surface area contributed by atoms with Crippen LogP contribution in [0.15, 0.2) is 23.7 Å². The molecule has 112 valence electrons. The van der Waals surface area contributed by atoms with E-state index in [0.717, 1.165) is 24.4 Å². The zero-order valence-electron chi connectivity index (χ0n) is 11.9. The van der Waals surface area contributed by atoms with Crippen LogP contribution >= 0.6 is 22.7 Å². The van der Waals surface area contributed by atoms with Crippen molar-refractivity contribution in [2.24, 2.45) is 5.92 Å². The molecule has 2 unspecified atom stereocenters. The third-order valence-corrected chi connectivity index (χ3v) is 6.03. The Kier molecular flexibility index (Phi) is 4.37. The number of hydrogen-bond donors (Lipinski definition) is 1. The van der Waals surface area contributed by atoms with Crippen molar-refractivity contribution >= 4 is 28.6 Å². The van der Waals surface area contributed by atoms with Gasteiger partial charge in [-0.25, -0.2) is 4.98 Å². The zero-order chi connectivity index (χ0) is 14.8. The smallest absolute Gasteiger partial charge is 0.307 e. The highest BCUT2D eigenvalue weighted by atomic mass is 32.1. The normalized spacial score (nSPS) is 23.3. The lowest BCUT2D eigenvalue weighted by atomic mass is 9.93. The summed E-state index contributed by atoms with van der Waals surface area (Å²) >= 11 is 3.40. The van der Waals surface area contributed by atoms with Gasteiger partial charge in [0.25, 0.3) is 0 Å². The van der Waals surface area contributed by atoms with Gasteiger partial charge in [0.05, 0.1) is 10.8 Å². The fourth-order valence-electron chi connectivity index (χ4n) is 2.70. The standard InChI is InChI=1S/C15H18N2O2S2/c1-10-4-5-11(15(18)19)8-17(10)9-12-7-16-14(21-12)13-3-2-6-20-13/h2-3,6-7,10-11H,4-5,8-9H2,1H3,(H,18,19). The van der Waals surface area contributed by atoms with Gasteiger partial charge in [0.2, 0.25) is 0 Å². The molecule has 0 amide bonds. The van der Waals surface area contributed by atoms with E-state index in [9.17, 15) is 9.90 Å². The number of thiophene rings is 1. The molecule has 4 nitrogen and oxygen atoms in total. The third kappa shape index (κ3) is 3.33. The fraction of sp³-hybridized carbons (Fsp3) is 0.467. The van der Waals surface area contributed by atoms with Gasteiger partial charge in [-0.3, -0.25) is 9.69 Å². The monoisotopic (exact) mass is 322 g/mol. The van der Waals surface area contributed by atoms with E-state index in [1.165, 1.54) is 9.75 Å². The minimum Gasteiger partial charge on any atom is -0.481 e. The maximum Gasteiger partial charge on any atom is 0.307 e. The molecule has 6 heteroatoms. The summed E-state index contributed by atoms with van der Waals surface area (Å²) < 4.78 is 0. The minimum atomic E-state index is -0.671. The van der Waals surface area contributed by atoms with Crippen molar-refractivity contribution in [2.75, 3.05) is 6.54 Å². The van der Waals surface area contributed by atoms with E-state index in [2.05, 4.69) is 28.3 Å². The van der Waals surface area contributed by atoms with Crippen LogP contribution in [-0.4, -0.2) is 33.5 Å². The van der Waals surface area contributed by atoms with Crippen molar-refractivity contribution in [3.05, 3.63) is 28.6 Å². The summed E-state index contributed by atoms with van der Waals surface area (Å²) in [4.78, 5) is 20.3. The van der Waals surface area contributed by atoms with Gasteiger partial charge in [0.1, 0.15) is 5.01 Å². The van der Waals surface area contributed by atoms with Crippen molar-refractivity contribution in [3.63, 3.8) is 0 Å². The molecule has 2 aromatic rings. The van der Waals surface area contributed by atoms with E-state index in [-0.39, 0.29) is 5.92 Å². The average molecular weight is 322 g/mol. The second-order valence-electron chi connectivity index (χ2n) is 5.50. The molecule has 0 aliphatic carbocycles. The number of likely N-dealkylation sites (tertiary alicyclic amines) is 1. The Morgan fingerprint density at radius 2 is 2.38 bits per heavy atom. The Bertz CT molecular complexity index is 609. The lowest BCUT2D eigenvalue weighted by molar-refractivity contribution is -0.144. The Balaban J connectivity index is 1.69. The molecule has 3 rings (SSSR count). The number of carboxylic acid groups (broad SMARTS) is 1. The summed E-state index contributed by atoms with van der Waals surface area (Å²) in [6.45, 7) is 3.62. The summed E-state index contributed by atoms with van der Waals surface area (Å²) in [6, 6.07) is 4.55. The Morgan fingerprint density at radius 3 is 3.10 bits per heavy atom. The molecule has 1 aliphatic rings. The topological polar surface area (TPSA) is 53.4 Å². The highest BCUT2D eigenvalue weighted by Gasteiger charge is 2.29. The van der Waals surface area contributed by atoms with E-state index in [0.29, 0.717) is 12.6 Å². The first-order chi connectivity index (χ1) is 10.1. The molecule has 0 bridgehead atoms. The molecular weight excluding hydrogens is 304 g/mol. The number of carboxylic acids is 1. The molecule has 0 spiro atoms. The number of nitrogens with zero attached hydrogens (tertiary/aromatic N) is 2. The van der Waals surface area contributed by atoms with E-state index >= 15 is 0 Å². The van der Waals surface area contributed by atoms with Crippen LogP contribution in [0.3, 0.4) is 0 Å². The van der Waals surface area contributed by atoms with Crippen LogP contribution in [0.2, 0.25) is 0 Å². The lowest BCUT2D eigenvalue weighted by Gasteiger charge is -2.36. The molecule has 21 heavy (non-hydrogen) atoms. The molecule has 0 aromatic carbocycles. The number of piperidine rings is 1. The molecule has 3 heterocycles. The summed E-state index contributed by atoms with van der Waals surface area (Å²) in [6.07, 6.45) is 3.67. The molecule has 0 saturated carbocycles. The quantitative estimate of drug-likeness (QED) is 0.935. The molecule has 0 radical (unpaired) electrons. The van der Waals surface area contributed by atoms with Gasteiger partial charge in [-0.15, -0.1) is 22.7 Å². The first-order valence-electron chi connectivity index (χ1n) is 7.09. The number of hydrogen-bond acceptors (Lipinski definition) is 5. The Labute approximate surface area is 132 Å². The molecule has 2 aromatic heterocycles. The highest BCUT2D eigenvalue weighted by molar-refractivity contribution is 7.20. The first-order valence-corrected chi connectivity index (χ1v) is 8.78. The van der Waals surface area contributed by atoms with E-state index in [1.807, 2.05) is 12.3 Å². The largest absolute Gasteiger partial charge is 0.481 e. The van der Waals surface area contributed by atoms with E-state index in [4.69, 9.17) is 0 Å². The SMILES string of the molecule is CC1CCC(C(=O)O)CN1Cc1cnc(-c2cccs2)s1. The van der Waals surface area contributed by atoms with Crippen molar-refractivity contribution in [1.82, 2.24) is 9.88 Å². The van der Waals surface area contributed by atoms with Crippen molar-refractivity contribution in [2.45, 2.75) is 32.4 Å². The maximum atomic E-state index is 11.2. The number of rotatable bonds is 4. The van der Waals surface area contributed by atoms with Gasteiger partial charge in [0, 0.05) is 30.2 Å². The highest BCUT2D eigenvalue weighted by Crippen LogP contribution is 2.31. The van der Waals surface area contributed by atoms with Crippen LogP contribution in [-0.2, 0) is 11.3 Å². The predicted octanol–water partition coefficient (Wildman–Crippen LogP) is 3.56. The van der Waals surface area contributed by atoms with Crippen LogP contribution in [0.4, 0.5) is 0 Å².